The largest absolute Gasteiger partial charge is 0.352 e. The van der Waals surface area contributed by atoms with Crippen molar-refractivity contribution in [2.45, 2.75) is 59.2 Å². The molecule has 28 heavy (non-hydrogen) atoms. The Morgan fingerprint density at radius 2 is 1.75 bits per heavy atom. The molecule has 2 aromatic carbocycles. The van der Waals surface area contributed by atoms with Crippen molar-refractivity contribution in [2.24, 2.45) is 0 Å². The highest BCUT2D eigenvalue weighted by atomic mass is 35.5. The van der Waals surface area contributed by atoms with Gasteiger partial charge in [0, 0.05) is 17.6 Å². The van der Waals surface area contributed by atoms with Gasteiger partial charge in [-0.1, -0.05) is 60.5 Å². The lowest BCUT2D eigenvalue weighted by molar-refractivity contribution is -0.141. The van der Waals surface area contributed by atoms with Crippen molar-refractivity contribution < 1.29 is 9.59 Å². The van der Waals surface area contributed by atoms with Gasteiger partial charge in [-0.15, -0.1) is 0 Å². The van der Waals surface area contributed by atoms with E-state index in [1.54, 1.807) is 17.0 Å². The quantitative estimate of drug-likeness (QED) is 0.708. The van der Waals surface area contributed by atoms with Gasteiger partial charge in [0.1, 0.15) is 6.04 Å². The van der Waals surface area contributed by atoms with Crippen LogP contribution in [0, 0.1) is 6.92 Å². The lowest BCUT2D eigenvalue weighted by Crippen LogP contribution is -2.50. The Labute approximate surface area is 172 Å². The first-order chi connectivity index (χ1) is 13.3. The van der Waals surface area contributed by atoms with Crippen molar-refractivity contribution in [3.8, 4) is 0 Å². The van der Waals surface area contributed by atoms with Crippen LogP contribution in [0.5, 0.6) is 0 Å². The Kier molecular flexibility index (Phi) is 8.06. The minimum atomic E-state index is -0.518. The van der Waals surface area contributed by atoms with E-state index in [1.165, 1.54) is 0 Å². The molecule has 0 unspecified atom stereocenters. The first-order valence-corrected chi connectivity index (χ1v) is 10.1. The maximum Gasteiger partial charge on any atom is 0.243 e. The number of nitrogens with one attached hydrogen (secondary N) is 1. The molecule has 1 atom stereocenters. The van der Waals surface area contributed by atoms with Gasteiger partial charge >= 0.3 is 0 Å². The SMILES string of the molecule is CC[C@H](C(=O)NC(C)C)N(Cc1ccc(Cl)cc1)C(=O)Cc1cccc(C)c1. The van der Waals surface area contributed by atoms with Crippen molar-refractivity contribution in [3.05, 3.63) is 70.2 Å². The lowest BCUT2D eigenvalue weighted by Gasteiger charge is -2.31. The van der Waals surface area contributed by atoms with Crippen LogP contribution in [-0.2, 0) is 22.6 Å². The number of hydrogen-bond acceptors (Lipinski definition) is 2. The zero-order chi connectivity index (χ0) is 20.7. The summed E-state index contributed by atoms with van der Waals surface area (Å²) in [6.07, 6.45) is 0.812. The van der Waals surface area contributed by atoms with Crippen LogP contribution in [0.4, 0.5) is 0 Å². The molecule has 150 valence electrons. The molecule has 0 radical (unpaired) electrons. The van der Waals surface area contributed by atoms with Gasteiger partial charge < -0.3 is 10.2 Å². The molecule has 4 nitrogen and oxygen atoms in total. The van der Waals surface area contributed by atoms with Gasteiger partial charge in [-0.05, 0) is 50.5 Å². The fourth-order valence-corrected chi connectivity index (χ4v) is 3.31. The molecule has 0 fully saturated rings. The first kappa shape index (κ1) is 22.0. The van der Waals surface area contributed by atoms with Crippen molar-refractivity contribution in [1.29, 1.82) is 0 Å². The van der Waals surface area contributed by atoms with E-state index in [4.69, 9.17) is 11.6 Å². The molecular weight excluding hydrogens is 372 g/mol. The van der Waals surface area contributed by atoms with E-state index < -0.39 is 6.04 Å². The molecule has 0 saturated carbocycles. The number of hydrogen-bond donors (Lipinski definition) is 1. The van der Waals surface area contributed by atoms with Gasteiger partial charge in [0.15, 0.2) is 0 Å². The van der Waals surface area contributed by atoms with E-state index in [9.17, 15) is 9.59 Å². The second kappa shape index (κ2) is 10.3. The van der Waals surface area contributed by atoms with Crippen LogP contribution < -0.4 is 5.32 Å². The molecule has 5 heteroatoms. The zero-order valence-corrected chi connectivity index (χ0v) is 17.8. The molecule has 0 aromatic heterocycles. The summed E-state index contributed by atoms with van der Waals surface area (Å²) in [6.45, 7) is 8.14. The minimum Gasteiger partial charge on any atom is -0.352 e. The maximum absolute atomic E-state index is 13.2. The fraction of sp³-hybridized carbons (Fsp3) is 0.391. The number of benzene rings is 2. The van der Waals surface area contributed by atoms with Crippen molar-refractivity contribution in [1.82, 2.24) is 10.2 Å². The Morgan fingerprint density at radius 1 is 1.07 bits per heavy atom. The number of rotatable bonds is 8. The highest BCUT2D eigenvalue weighted by Crippen LogP contribution is 2.17. The molecule has 0 aliphatic heterocycles. The predicted octanol–water partition coefficient (Wildman–Crippen LogP) is 4.52. The van der Waals surface area contributed by atoms with E-state index in [0.717, 1.165) is 16.7 Å². The summed E-state index contributed by atoms with van der Waals surface area (Å²) in [7, 11) is 0. The van der Waals surface area contributed by atoms with Gasteiger partial charge in [-0.25, -0.2) is 0 Å². The summed E-state index contributed by atoms with van der Waals surface area (Å²) < 4.78 is 0. The third-order valence-electron chi connectivity index (χ3n) is 4.52. The van der Waals surface area contributed by atoms with Crippen LogP contribution in [-0.4, -0.2) is 28.8 Å². The number of aryl methyl sites for hydroxylation is 1. The van der Waals surface area contributed by atoms with Gasteiger partial charge in [-0.3, -0.25) is 9.59 Å². The van der Waals surface area contributed by atoms with Crippen molar-refractivity contribution >= 4 is 23.4 Å². The van der Waals surface area contributed by atoms with Gasteiger partial charge in [0.25, 0.3) is 0 Å². The number of carbonyl (C=O) groups is 2. The highest BCUT2D eigenvalue weighted by Gasteiger charge is 2.28. The average molecular weight is 401 g/mol. The number of carbonyl (C=O) groups excluding carboxylic acids is 2. The summed E-state index contributed by atoms with van der Waals surface area (Å²) in [6, 6.07) is 14.8. The molecular formula is C23H29ClN2O2. The van der Waals surface area contributed by atoms with Crippen LogP contribution in [0.1, 0.15) is 43.9 Å². The monoisotopic (exact) mass is 400 g/mol. The summed E-state index contributed by atoms with van der Waals surface area (Å²) in [5, 5.41) is 3.59. The van der Waals surface area contributed by atoms with E-state index in [2.05, 4.69) is 5.32 Å². The minimum absolute atomic E-state index is 0.0193. The van der Waals surface area contributed by atoms with Crippen LogP contribution in [0.3, 0.4) is 0 Å². The summed E-state index contributed by atoms with van der Waals surface area (Å²) in [5.74, 6) is -0.185. The number of amides is 2. The average Bonchev–Trinajstić information content (AvgIpc) is 2.62. The summed E-state index contributed by atoms with van der Waals surface area (Å²) >= 11 is 5.99. The summed E-state index contributed by atoms with van der Waals surface area (Å²) in [5.41, 5.74) is 3.00. The molecule has 2 rings (SSSR count). The molecule has 0 bridgehead atoms. The third-order valence-corrected chi connectivity index (χ3v) is 4.77. The smallest absolute Gasteiger partial charge is 0.243 e. The van der Waals surface area contributed by atoms with E-state index in [1.807, 2.05) is 64.1 Å². The van der Waals surface area contributed by atoms with E-state index >= 15 is 0 Å². The van der Waals surface area contributed by atoms with Crippen molar-refractivity contribution in [3.63, 3.8) is 0 Å². The predicted molar refractivity (Wildman–Crippen MR) is 114 cm³/mol. The first-order valence-electron chi connectivity index (χ1n) is 9.70. The molecule has 2 aromatic rings. The second-order valence-corrected chi connectivity index (χ2v) is 7.84. The van der Waals surface area contributed by atoms with Gasteiger partial charge in [0.05, 0.1) is 6.42 Å². The molecule has 0 aliphatic carbocycles. The van der Waals surface area contributed by atoms with Crippen LogP contribution in [0.25, 0.3) is 0 Å². The number of halogens is 1. The third kappa shape index (κ3) is 6.38. The Bertz CT molecular complexity index is 803. The molecule has 1 N–H and O–H groups in total. The molecule has 0 heterocycles. The van der Waals surface area contributed by atoms with Crippen LogP contribution in [0.2, 0.25) is 5.02 Å². The summed E-state index contributed by atoms with van der Waals surface area (Å²) in [4.78, 5) is 27.6. The Balaban J connectivity index is 2.28. The van der Waals surface area contributed by atoms with Gasteiger partial charge in [-0.2, -0.15) is 0 Å². The Hall–Kier alpha value is -2.33. The van der Waals surface area contributed by atoms with Crippen LogP contribution in [0.15, 0.2) is 48.5 Å². The zero-order valence-electron chi connectivity index (χ0n) is 17.0. The molecule has 0 spiro atoms. The topological polar surface area (TPSA) is 49.4 Å². The van der Waals surface area contributed by atoms with E-state index in [-0.39, 0.29) is 24.3 Å². The maximum atomic E-state index is 13.2. The Morgan fingerprint density at radius 3 is 2.32 bits per heavy atom. The van der Waals surface area contributed by atoms with Gasteiger partial charge in [0.2, 0.25) is 11.8 Å². The van der Waals surface area contributed by atoms with Crippen LogP contribution >= 0.6 is 11.6 Å². The van der Waals surface area contributed by atoms with E-state index in [0.29, 0.717) is 18.0 Å². The molecule has 0 saturated heterocycles. The molecule has 0 aliphatic rings. The highest BCUT2D eigenvalue weighted by molar-refractivity contribution is 6.30. The fourth-order valence-electron chi connectivity index (χ4n) is 3.18. The van der Waals surface area contributed by atoms with Crippen molar-refractivity contribution in [2.75, 3.05) is 0 Å². The normalized spacial score (nSPS) is 11.9. The number of nitrogens with zero attached hydrogens (tertiary/aromatic N) is 1. The standard InChI is InChI=1S/C23H29ClN2O2/c1-5-21(23(28)25-16(2)3)26(15-18-9-11-20(24)12-10-18)22(27)14-19-8-6-7-17(4)13-19/h6-13,16,21H,5,14-15H2,1-4H3,(H,25,28)/t21-/m1/s1. The second-order valence-electron chi connectivity index (χ2n) is 7.40. The lowest BCUT2D eigenvalue weighted by atomic mass is 10.0. The molecule has 2 amide bonds.